The Morgan fingerprint density at radius 2 is 1.81 bits per heavy atom. The molecule has 2 atom stereocenters. The molecule has 0 N–H and O–H groups in total. The van der Waals surface area contributed by atoms with Gasteiger partial charge in [0.15, 0.2) is 0 Å². The molecule has 0 bridgehead atoms. The summed E-state index contributed by atoms with van der Waals surface area (Å²) in [6, 6.07) is 0. The highest BCUT2D eigenvalue weighted by molar-refractivity contribution is 7.15. The van der Waals surface area contributed by atoms with Crippen molar-refractivity contribution >= 4 is 22.4 Å². The molecule has 1 amide bonds. The molecule has 0 radical (unpaired) electrons. The highest BCUT2D eigenvalue weighted by Gasteiger charge is 2.42. The second kappa shape index (κ2) is 5.23. The third-order valence-corrected chi connectivity index (χ3v) is 5.75. The van der Waals surface area contributed by atoms with Crippen LogP contribution in [0.3, 0.4) is 0 Å². The van der Waals surface area contributed by atoms with Gasteiger partial charge in [0.25, 0.3) is 0 Å². The van der Waals surface area contributed by atoms with Gasteiger partial charge >= 0.3 is 0 Å². The maximum atomic E-state index is 12.2. The molecule has 1 aromatic rings. The minimum absolute atomic E-state index is 0.0514. The first-order valence-corrected chi connectivity index (χ1v) is 8.55. The van der Waals surface area contributed by atoms with Crippen LogP contribution >= 0.6 is 11.3 Å². The average Bonchev–Trinajstić information content (AvgIpc) is 2.97. The van der Waals surface area contributed by atoms with Crippen LogP contribution in [0.15, 0.2) is 0 Å². The van der Waals surface area contributed by atoms with E-state index in [9.17, 15) is 4.79 Å². The lowest BCUT2D eigenvalue weighted by atomic mass is 9.98. The number of nitrogens with zero attached hydrogens (tertiary/aromatic N) is 4. The van der Waals surface area contributed by atoms with E-state index < -0.39 is 0 Å². The molecule has 1 aliphatic carbocycles. The van der Waals surface area contributed by atoms with Crippen molar-refractivity contribution in [1.29, 1.82) is 0 Å². The maximum absolute atomic E-state index is 12.2. The summed E-state index contributed by atoms with van der Waals surface area (Å²) in [4.78, 5) is 16.5. The van der Waals surface area contributed by atoms with Crippen molar-refractivity contribution in [2.75, 3.05) is 31.1 Å². The van der Waals surface area contributed by atoms with E-state index in [1.165, 1.54) is 0 Å². The minimum atomic E-state index is 0.0514. The molecule has 1 saturated heterocycles. The molecule has 2 aliphatic rings. The van der Waals surface area contributed by atoms with E-state index in [0.717, 1.165) is 42.7 Å². The Balaban J connectivity index is 1.58. The normalized spacial score (nSPS) is 26.1. The molecule has 116 valence electrons. The van der Waals surface area contributed by atoms with Crippen molar-refractivity contribution in [3.05, 3.63) is 5.01 Å². The molecule has 2 heterocycles. The van der Waals surface area contributed by atoms with E-state index in [4.69, 9.17) is 0 Å². The summed E-state index contributed by atoms with van der Waals surface area (Å²) in [5, 5.41) is 10.7. The first-order valence-electron chi connectivity index (χ1n) is 7.74. The Kier molecular flexibility index (Phi) is 3.67. The predicted octanol–water partition coefficient (Wildman–Crippen LogP) is 2.14. The van der Waals surface area contributed by atoms with Crippen LogP contribution in [0.5, 0.6) is 0 Å². The standard InChI is InChI=1S/C15H24N4OS/c1-10-9-11(10)12(20)18-5-7-19(8-6-18)14-17-16-13(21-14)15(2,3)4/h10-11H,5-9H2,1-4H3/t10-,11+/m0/s1. The lowest BCUT2D eigenvalue weighted by Crippen LogP contribution is -2.49. The van der Waals surface area contributed by atoms with Gasteiger partial charge in [0.2, 0.25) is 11.0 Å². The fourth-order valence-electron chi connectivity index (χ4n) is 2.67. The summed E-state index contributed by atoms with van der Waals surface area (Å²) < 4.78 is 0. The van der Waals surface area contributed by atoms with E-state index in [-0.39, 0.29) is 5.41 Å². The van der Waals surface area contributed by atoms with E-state index in [1.807, 2.05) is 4.90 Å². The number of hydrogen-bond donors (Lipinski definition) is 0. The second-order valence-corrected chi connectivity index (χ2v) is 8.23. The number of rotatable bonds is 2. The SMILES string of the molecule is C[C@H]1C[C@H]1C(=O)N1CCN(c2nnc(C(C)(C)C)s2)CC1. The number of hydrogen-bond acceptors (Lipinski definition) is 5. The van der Waals surface area contributed by atoms with Gasteiger partial charge in [-0.3, -0.25) is 4.79 Å². The predicted molar refractivity (Wildman–Crippen MR) is 84.7 cm³/mol. The summed E-state index contributed by atoms with van der Waals surface area (Å²) in [6.45, 7) is 12.0. The Bertz CT molecular complexity index is 528. The smallest absolute Gasteiger partial charge is 0.226 e. The molecule has 6 heteroatoms. The molecule has 0 unspecified atom stereocenters. The lowest BCUT2D eigenvalue weighted by molar-refractivity contribution is -0.133. The summed E-state index contributed by atoms with van der Waals surface area (Å²) in [7, 11) is 0. The second-order valence-electron chi connectivity index (χ2n) is 7.27. The molecule has 21 heavy (non-hydrogen) atoms. The van der Waals surface area contributed by atoms with Gasteiger partial charge < -0.3 is 9.80 Å². The van der Waals surface area contributed by atoms with Crippen molar-refractivity contribution in [3.63, 3.8) is 0 Å². The van der Waals surface area contributed by atoms with Gasteiger partial charge in [-0.25, -0.2) is 0 Å². The number of carbonyl (C=O) groups is 1. The zero-order chi connectivity index (χ0) is 15.2. The van der Waals surface area contributed by atoms with Crippen molar-refractivity contribution in [2.24, 2.45) is 11.8 Å². The molecule has 2 fully saturated rings. The topological polar surface area (TPSA) is 49.3 Å². The molecule has 5 nitrogen and oxygen atoms in total. The first kappa shape index (κ1) is 14.8. The van der Waals surface area contributed by atoms with Gasteiger partial charge in [-0.15, -0.1) is 10.2 Å². The van der Waals surface area contributed by atoms with Crippen LogP contribution in [0.25, 0.3) is 0 Å². The minimum Gasteiger partial charge on any atom is -0.343 e. The number of aromatic nitrogens is 2. The number of amides is 1. The molecule has 0 aromatic carbocycles. The average molecular weight is 308 g/mol. The van der Waals surface area contributed by atoms with Gasteiger partial charge in [-0.2, -0.15) is 0 Å². The molecule has 1 aromatic heterocycles. The summed E-state index contributed by atoms with van der Waals surface area (Å²) in [5.41, 5.74) is 0.0514. The molecular formula is C15H24N4OS. The quantitative estimate of drug-likeness (QED) is 0.840. The Hall–Kier alpha value is -1.17. The van der Waals surface area contributed by atoms with Gasteiger partial charge in [0.1, 0.15) is 5.01 Å². The zero-order valence-corrected chi connectivity index (χ0v) is 14.1. The molecular weight excluding hydrogens is 284 g/mol. The Labute approximate surface area is 130 Å². The monoisotopic (exact) mass is 308 g/mol. The Morgan fingerprint density at radius 1 is 1.19 bits per heavy atom. The lowest BCUT2D eigenvalue weighted by Gasteiger charge is -2.34. The molecule has 0 spiro atoms. The number of anilines is 1. The van der Waals surface area contributed by atoms with Gasteiger partial charge in [-0.1, -0.05) is 39.0 Å². The fraction of sp³-hybridized carbons (Fsp3) is 0.800. The Morgan fingerprint density at radius 3 is 2.29 bits per heavy atom. The van der Waals surface area contributed by atoms with Crippen molar-refractivity contribution < 1.29 is 4.79 Å². The zero-order valence-electron chi connectivity index (χ0n) is 13.3. The summed E-state index contributed by atoms with van der Waals surface area (Å²) in [6.07, 6.45) is 1.07. The van der Waals surface area contributed by atoms with Crippen molar-refractivity contribution in [3.8, 4) is 0 Å². The highest BCUT2D eigenvalue weighted by Crippen LogP contribution is 2.39. The van der Waals surface area contributed by atoms with Gasteiger partial charge in [0.05, 0.1) is 0 Å². The van der Waals surface area contributed by atoms with E-state index >= 15 is 0 Å². The molecule has 1 saturated carbocycles. The van der Waals surface area contributed by atoms with Crippen LogP contribution in [0.4, 0.5) is 5.13 Å². The highest BCUT2D eigenvalue weighted by atomic mass is 32.1. The largest absolute Gasteiger partial charge is 0.343 e. The number of piperazine rings is 1. The van der Waals surface area contributed by atoms with E-state index in [1.54, 1.807) is 11.3 Å². The maximum Gasteiger partial charge on any atom is 0.226 e. The third-order valence-electron chi connectivity index (χ3n) is 4.34. The van der Waals surface area contributed by atoms with Crippen LogP contribution in [0.2, 0.25) is 0 Å². The van der Waals surface area contributed by atoms with Crippen LogP contribution in [-0.2, 0) is 10.2 Å². The fourth-order valence-corrected chi connectivity index (χ4v) is 3.62. The number of carbonyl (C=O) groups excluding carboxylic acids is 1. The van der Waals surface area contributed by atoms with E-state index in [0.29, 0.717) is 17.7 Å². The van der Waals surface area contributed by atoms with Crippen LogP contribution < -0.4 is 4.90 Å². The summed E-state index contributed by atoms with van der Waals surface area (Å²) >= 11 is 1.68. The molecule has 3 rings (SSSR count). The van der Waals surface area contributed by atoms with E-state index in [2.05, 4.69) is 42.8 Å². The van der Waals surface area contributed by atoms with Gasteiger partial charge in [-0.05, 0) is 12.3 Å². The van der Waals surface area contributed by atoms with Crippen molar-refractivity contribution in [2.45, 2.75) is 39.5 Å². The van der Waals surface area contributed by atoms with Gasteiger partial charge in [0, 0.05) is 37.5 Å². The molecule has 1 aliphatic heterocycles. The summed E-state index contributed by atoms with van der Waals surface area (Å²) in [5.74, 6) is 1.24. The van der Waals surface area contributed by atoms with Crippen LogP contribution in [-0.4, -0.2) is 47.2 Å². The van der Waals surface area contributed by atoms with Crippen LogP contribution in [0, 0.1) is 11.8 Å². The van der Waals surface area contributed by atoms with Crippen molar-refractivity contribution in [1.82, 2.24) is 15.1 Å². The first-order chi connectivity index (χ1) is 9.86. The van der Waals surface area contributed by atoms with Crippen LogP contribution in [0.1, 0.15) is 39.1 Å². The third kappa shape index (κ3) is 3.05.